The fourth-order valence-corrected chi connectivity index (χ4v) is 1.45. The molecular formula is C11H12N4O3. The number of ether oxygens (including phenoxy) is 1. The van der Waals surface area contributed by atoms with Gasteiger partial charge in [-0.2, -0.15) is 0 Å². The molecular weight excluding hydrogens is 236 g/mol. The molecule has 0 amide bonds. The fourth-order valence-electron chi connectivity index (χ4n) is 1.45. The standard InChI is InChI=1S/C11H12N4O3/c1-12-8-3-5-9(6-4-8)18-11-10(15(16)17)13-7-14(11)2/h3-7,12H,1-2H3. The van der Waals surface area contributed by atoms with E-state index in [2.05, 4.69) is 10.3 Å². The zero-order chi connectivity index (χ0) is 13.1. The second-order valence-corrected chi connectivity index (χ2v) is 3.62. The first kappa shape index (κ1) is 11.9. The average molecular weight is 248 g/mol. The Morgan fingerprint density at radius 3 is 2.61 bits per heavy atom. The zero-order valence-corrected chi connectivity index (χ0v) is 9.95. The van der Waals surface area contributed by atoms with Crippen LogP contribution in [0.3, 0.4) is 0 Å². The van der Waals surface area contributed by atoms with E-state index in [1.165, 1.54) is 10.9 Å². The van der Waals surface area contributed by atoms with Crippen molar-refractivity contribution in [1.82, 2.24) is 9.55 Å². The first-order valence-electron chi connectivity index (χ1n) is 5.23. The maximum Gasteiger partial charge on any atom is 0.427 e. The lowest BCUT2D eigenvalue weighted by Gasteiger charge is -2.06. The van der Waals surface area contributed by atoms with Crippen LogP contribution in [0.25, 0.3) is 0 Å². The first-order valence-corrected chi connectivity index (χ1v) is 5.23. The summed E-state index contributed by atoms with van der Waals surface area (Å²) in [5.74, 6) is 0.327. The molecule has 7 heteroatoms. The maximum absolute atomic E-state index is 10.8. The van der Waals surface area contributed by atoms with E-state index in [1.807, 2.05) is 19.2 Å². The van der Waals surface area contributed by atoms with Gasteiger partial charge in [-0.15, -0.1) is 0 Å². The molecule has 1 heterocycles. The van der Waals surface area contributed by atoms with Gasteiger partial charge in [0.2, 0.25) is 6.33 Å². The molecule has 0 unspecified atom stereocenters. The number of aromatic nitrogens is 2. The molecule has 0 fully saturated rings. The second-order valence-electron chi connectivity index (χ2n) is 3.62. The maximum atomic E-state index is 10.8. The average Bonchev–Trinajstić information content (AvgIpc) is 2.72. The van der Waals surface area contributed by atoms with Crippen LogP contribution in [-0.4, -0.2) is 21.5 Å². The molecule has 0 saturated heterocycles. The van der Waals surface area contributed by atoms with Crippen LogP contribution in [0, 0.1) is 10.1 Å². The van der Waals surface area contributed by atoms with Gasteiger partial charge >= 0.3 is 11.7 Å². The topological polar surface area (TPSA) is 82.2 Å². The number of nitrogens with one attached hydrogen (secondary N) is 1. The second kappa shape index (κ2) is 4.74. The molecule has 0 spiro atoms. The van der Waals surface area contributed by atoms with Crippen LogP contribution < -0.4 is 10.1 Å². The predicted octanol–water partition coefficient (Wildman–Crippen LogP) is 2.16. The lowest BCUT2D eigenvalue weighted by molar-refractivity contribution is -0.390. The van der Waals surface area contributed by atoms with Gasteiger partial charge in [-0.1, -0.05) is 0 Å². The van der Waals surface area contributed by atoms with Crippen LogP contribution in [-0.2, 0) is 7.05 Å². The molecule has 0 aliphatic heterocycles. The number of hydrogen-bond acceptors (Lipinski definition) is 5. The number of nitro groups is 1. The van der Waals surface area contributed by atoms with Crippen molar-refractivity contribution < 1.29 is 9.66 Å². The van der Waals surface area contributed by atoms with Crippen LogP contribution in [0.2, 0.25) is 0 Å². The highest BCUT2D eigenvalue weighted by atomic mass is 16.6. The minimum Gasteiger partial charge on any atom is -0.434 e. The summed E-state index contributed by atoms with van der Waals surface area (Å²) < 4.78 is 6.93. The highest BCUT2D eigenvalue weighted by molar-refractivity contribution is 5.47. The number of hydrogen-bond donors (Lipinski definition) is 1. The largest absolute Gasteiger partial charge is 0.434 e. The van der Waals surface area contributed by atoms with Crippen molar-refractivity contribution in [3.63, 3.8) is 0 Å². The third kappa shape index (κ3) is 2.24. The van der Waals surface area contributed by atoms with E-state index in [0.29, 0.717) is 5.75 Å². The van der Waals surface area contributed by atoms with Crippen molar-refractivity contribution in [3.8, 4) is 11.6 Å². The van der Waals surface area contributed by atoms with Gasteiger partial charge < -0.3 is 20.2 Å². The molecule has 94 valence electrons. The number of nitrogens with zero attached hydrogens (tertiary/aromatic N) is 3. The Morgan fingerprint density at radius 1 is 1.39 bits per heavy atom. The van der Waals surface area contributed by atoms with Crippen molar-refractivity contribution >= 4 is 11.5 Å². The first-order chi connectivity index (χ1) is 8.61. The SMILES string of the molecule is CNc1ccc(Oc2c([N+](=O)[O-])ncn2C)cc1. The smallest absolute Gasteiger partial charge is 0.427 e. The lowest BCUT2D eigenvalue weighted by Crippen LogP contribution is -1.96. The van der Waals surface area contributed by atoms with E-state index < -0.39 is 4.92 Å². The van der Waals surface area contributed by atoms with Crippen LogP contribution in [0.15, 0.2) is 30.6 Å². The Labute approximate surface area is 103 Å². The minimum absolute atomic E-state index is 0.109. The van der Waals surface area contributed by atoms with Gasteiger partial charge in [0.1, 0.15) is 5.75 Å². The van der Waals surface area contributed by atoms with Crippen molar-refractivity contribution in [2.75, 3.05) is 12.4 Å². The summed E-state index contributed by atoms with van der Waals surface area (Å²) in [7, 11) is 3.44. The number of imidazole rings is 1. The molecule has 2 aromatic rings. The van der Waals surface area contributed by atoms with E-state index in [1.54, 1.807) is 19.2 Å². The van der Waals surface area contributed by atoms with Crippen LogP contribution >= 0.6 is 0 Å². The Morgan fingerprint density at radius 2 is 2.06 bits per heavy atom. The van der Waals surface area contributed by atoms with E-state index in [-0.39, 0.29) is 11.7 Å². The summed E-state index contributed by atoms with van der Waals surface area (Å²) in [6, 6.07) is 7.08. The third-order valence-electron chi connectivity index (χ3n) is 2.40. The summed E-state index contributed by atoms with van der Waals surface area (Å²) in [5.41, 5.74) is 0.932. The van der Waals surface area contributed by atoms with Gasteiger partial charge in [0, 0.05) is 19.8 Å². The van der Waals surface area contributed by atoms with E-state index in [0.717, 1.165) is 5.69 Å². The van der Waals surface area contributed by atoms with Crippen molar-refractivity contribution in [2.24, 2.45) is 7.05 Å². The summed E-state index contributed by atoms with van der Waals surface area (Å²) in [6.07, 6.45) is 1.34. The molecule has 0 atom stereocenters. The van der Waals surface area contributed by atoms with Gasteiger partial charge in [0.25, 0.3) is 0 Å². The lowest BCUT2D eigenvalue weighted by atomic mass is 10.3. The van der Waals surface area contributed by atoms with Crippen LogP contribution in [0.1, 0.15) is 0 Å². The Hall–Kier alpha value is -2.57. The molecule has 1 aromatic carbocycles. The molecule has 1 aromatic heterocycles. The number of benzene rings is 1. The van der Waals surface area contributed by atoms with Gasteiger partial charge in [0.15, 0.2) is 0 Å². The van der Waals surface area contributed by atoms with Gasteiger partial charge in [-0.25, -0.2) is 0 Å². The Balaban J connectivity index is 2.27. The van der Waals surface area contributed by atoms with E-state index in [4.69, 9.17) is 4.74 Å². The van der Waals surface area contributed by atoms with Crippen LogP contribution in [0.5, 0.6) is 11.6 Å². The summed E-state index contributed by atoms with van der Waals surface area (Å²) in [6.45, 7) is 0. The normalized spacial score (nSPS) is 10.1. The number of rotatable bonds is 4. The van der Waals surface area contributed by atoms with E-state index >= 15 is 0 Å². The molecule has 0 radical (unpaired) electrons. The summed E-state index contributed by atoms with van der Waals surface area (Å²) in [4.78, 5) is 13.9. The molecule has 1 N–H and O–H groups in total. The molecule has 0 aliphatic rings. The summed E-state index contributed by atoms with van der Waals surface area (Å²) >= 11 is 0. The van der Waals surface area contributed by atoms with Crippen LogP contribution in [0.4, 0.5) is 11.5 Å². The van der Waals surface area contributed by atoms with Crippen molar-refractivity contribution in [3.05, 3.63) is 40.7 Å². The van der Waals surface area contributed by atoms with E-state index in [9.17, 15) is 10.1 Å². The van der Waals surface area contributed by atoms with Gasteiger partial charge in [0.05, 0.1) is 0 Å². The minimum atomic E-state index is -0.572. The van der Waals surface area contributed by atoms with Crippen molar-refractivity contribution in [2.45, 2.75) is 0 Å². The third-order valence-corrected chi connectivity index (χ3v) is 2.40. The molecule has 0 aliphatic carbocycles. The fraction of sp³-hybridized carbons (Fsp3) is 0.182. The number of aryl methyl sites for hydroxylation is 1. The monoisotopic (exact) mass is 248 g/mol. The zero-order valence-electron chi connectivity index (χ0n) is 9.95. The molecule has 7 nitrogen and oxygen atoms in total. The predicted molar refractivity (Wildman–Crippen MR) is 65.9 cm³/mol. The highest BCUT2D eigenvalue weighted by Crippen LogP contribution is 2.29. The molecule has 0 saturated carbocycles. The quantitative estimate of drug-likeness (QED) is 0.662. The molecule has 0 bridgehead atoms. The highest BCUT2D eigenvalue weighted by Gasteiger charge is 2.22. The summed E-state index contributed by atoms with van der Waals surface area (Å²) in [5, 5.41) is 13.7. The van der Waals surface area contributed by atoms with Gasteiger partial charge in [-0.3, -0.25) is 4.57 Å². The van der Waals surface area contributed by atoms with Crippen molar-refractivity contribution in [1.29, 1.82) is 0 Å². The molecule has 2 rings (SSSR count). The van der Waals surface area contributed by atoms with Gasteiger partial charge in [-0.05, 0) is 34.2 Å². The Kier molecular flexibility index (Phi) is 3.13. The Bertz CT molecular complexity index is 562. The molecule has 18 heavy (non-hydrogen) atoms. The number of anilines is 1.